The first-order valence-electron chi connectivity index (χ1n) is 11.0. The van der Waals surface area contributed by atoms with Gasteiger partial charge in [-0.3, -0.25) is 9.59 Å². The van der Waals surface area contributed by atoms with Crippen LogP contribution in [0.4, 0.5) is 10.1 Å². The molecule has 0 aliphatic rings. The molecule has 10 heteroatoms. The number of carbonyl (C=O) groups excluding carboxylic acids is 1. The van der Waals surface area contributed by atoms with Crippen LogP contribution in [0.1, 0.15) is 12.5 Å². The highest BCUT2D eigenvalue weighted by atomic mass is 79.9. The molecular weight excluding hydrogens is 549 g/mol. The first-order valence-corrected chi connectivity index (χ1v) is 12.6. The zero-order chi connectivity index (χ0) is 25.2. The number of carbonyl (C=O) groups is 1. The lowest BCUT2D eigenvalue weighted by Gasteiger charge is -2.14. The van der Waals surface area contributed by atoms with Crippen molar-refractivity contribution in [3.63, 3.8) is 0 Å². The smallest absolute Gasteiger partial charge is 0.274 e. The van der Waals surface area contributed by atoms with Crippen LogP contribution in [0.3, 0.4) is 0 Å². The third-order valence-electron chi connectivity index (χ3n) is 5.28. The number of fused-ring (bicyclic) bond motifs is 3. The van der Waals surface area contributed by atoms with Crippen LogP contribution in [0.25, 0.3) is 22.1 Å². The molecule has 0 saturated heterocycles. The fourth-order valence-corrected chi connectivity index (χ4v) is 5.08. The molecule has 5 aromatic rings. The van der Waals surface area contributed by atoms with Gasteiger partial charge in [0.2, 0.25) is 0 Å². The average Bonchev–Trinajstić information content (AvgIpc) is 3.37. The monoisotopic (exact) mass is 567 g/mol. The van der Waals surface area contributed by atoms with E-state index >= 15 is 0 Å². The maximum Gasteiger partial charge on any atom is 0.274 e. The molecule has 0 atom stereocenters. The second-order valence-electron chi connectivity index (χ2n) is 7.73. The fourth-order valence-electron chi connectivity index (χ4n) is 3.67. The number of hydrogen-bond donors (Lipinski definition) is 1. The first kappa shape index (κ1) is 24.0. The average molecular weight is 568 g/mol. The Morgan fingerprint density at radius 2 is 1.89 bits per heavy atom. The Labute approximate surface area is 216 Å². The summed E-state index contributed by atoms with van der Waals surface area (Å²) in [6, 6.07) is 16.4. The summed E-state index contributed by atoms with van der Waals surface area (Å²) in [6.45, 7) is 1.95. The molecule has 1 amide bonds. The van der Waals surface area contributed by atoms with Crippen molar-refractivity contribution in [3.8, 4) is 11.5 Å². The van der Waals surface area contributed by atoms with Crippen molar-refractivity contribution >= 4 is 60.9 Å². The van der Waals surface area contributed by atoms with Gasteiger partial charge in [-0.05, 0) is 67.1 Å². The highest BCUT2D eigenvalue weighted by Crippen LogP contribution is 2.34. The molecule has 0 fully saturated rings. The van der Waals surface area contributed by atoms with E-state index in [-0.39, 0.29) is 18.0 Å². The number of imidazole rings is 1. The van der Waals surface area contributed by atoms with E-state index in [0.29, 0.717) is 43.3 Å². The third-order valence-corrected chi connectivity index (χ3v) is 6.94. The lowest BCUT2D eigenvalue weighted by Crippen LogP contribution is -2.22. The van der Waals surface area contributed by atoms with Gasteiger partial charge in [0.05, 0.1) is 22.2 Å². The van der Waals surface area contributed by atoms with Crippen molar-refractivity contribution in [2.75, 3.05) is 18.5 Å². The Bertz CT molecular complexity index is 1700. The summed E-state index contributed by atoms with van der Waals surface area (Å²) in [5.74, 6) is 0.00704. The first-order chi connectivity index (χ1) is 17.4. The van der Waals surface area contributed by atoms with Crippen LogP contribution in [0.2, 0.25) is 0 Å². The topological polar surface area (TPSA) is 81.9 Å². The van der Waals surface area contributed by atoms with Crippen molar-refractivity contribution in [3.05, 3.63) is 91.4 Å². The quantitative estimate of drug-likeness (QED) is 0.306. The minimum absolute atomic E-state index is 0.147. The summed E-state index contributed by atoms with van der Waals surface area (Å²) >= 11 is 4.84. The van der Waals surface area contributed by atoms with E-state index in [4.69, 9.17) is 9.47 Å². The molecule has 0 spiro atoms. The maximum atomic E-state index is 13.1. The summed E-state index contributed by atoms with van der Waals surface area (Å²) in [5, 5.41) is 2.65. The summed E-state index contributed by atoms with van der Waals surface area (Å²) < 4.78 is 27.3. The molecule has 2 heterocycles. The second-order valence-corrected chi connectivity index (χ2v) is 9.59. The van der Waals surface area contributed by atoms with Crippen molar-refractivity contribution in [2.45, 2.75) is 6.92 Å². The number of ether oxygens (including phenoxy) is 2. The predicted octanol–water partition coefficient (Wildman–Crippen LogP) is 4.77. The van der Waals surface area contributed by atoms with E-state index in [0.717, 1.165) is 11.0 Å². The van der Waals surface area contributed by atoms with Crippen LogP contribution in [0.15, 0.2) is 69.9 Å². The molecule has 0 bridgehead atoms. The molecular formula is C26H19BrFN3O4S. The predicted molar refractivity (Wildman–Crippen MR) is 141 cm³/mol. The lowest BCUT2D eigenvalue weighted by molar-refractivity contribution is -0.118. The summed E-state index contributed by atoms with van der Waals surface area (Å²) in [7, 11) is 0. The van der Waals surface area contributed by atoms with Crippen LogP contribution < -0.4 is 24.9 Å². The van der Waals surface area contributed by atoms with Crippen molar-refractivity contribution in [1.82, 2.24) is 9.38 Å². The third kappa shape index (κ3) is 4.82. The van der Waals surface area contributed by atoms with Gasteiger partial charge in [0.1, 0.15) is 5.82 Å². The lowest BCUT2D eigenvalue weighted by atomic mass is 10.2. The minimum Gasteiger partial charge on any atom is -0.490 e. The second kappa shape index (κ2) is 10.1. The zero-order valence-electron chi connectivity index (χ0n) is 19.0. The van der Waals surface area contributed by atoms with E-state index < -0.39 is 5.91 Å². The molecule has 0 aliphatic carbocycles. The van der Waals surface area contributed by atoms with Crippen molar-refractivity contribution in [1.29, 1.82) is 0 Å². The Kier molecular flexibility index (Phi) is 6.71. The van der Waals surface area contributed by atoms with Crippen LogP contribution >= 0.6 is 27.3 Å². The van der Waals surface area contributed by atoms with Gasteiger partial charge in [0.25, 0.3) is 11.5 Å². The summed E-state index contributed by atoms with van der Waals surface area (Å²) in [6.07, 6.45) is 1.77. The molecule has 1 N–H and O–H groups in total. The number of hydrogen-bond acceptors (Lipinski definition) is 6. The number of anilines is 1. The number of benzene rings is 3. The van der Waals surface area contributed by atoms with Gasteiger partial charge in [-0.15, -0.1) is 0 Å². The Hall–Kier alpha value is -3.76. The standard InChI is InChI=1S/C26H19BrFN3O4S/c1-2-34-21-11-15(12-23-25(33)31-20-6-4-3-5-19(20)30-26(31)36-23)18(27)13-22(21)35-14-24(32)29-17-9-7-16(28)8-10-17/h3-13H,2,14H2,1H3,(H,29,32)/b23-12-. The summed E-state index contributed by atoms with van der Waals surface area (Å²) in [4.78, 5) is 30.6. The number of aromatic nitrogens is 2. The van der Waals surface area contributed by atoms with E-state index in [1.54, 1.807) is 22.6 Å². The number of para-hydroxylation sites is 2. The minimum atomic E-state index is -0.402. The molecule has 7 nitrogen and oxygen atoms in total. The Balaban J connectivity index is 1.42. The number of nitrogens with zero attached hydrogens (tertiary/aromatic N) is 2. The van der Waals surface area contributed by atoms with Gasteiger partial charge in [-0.25, -0.2) is 13.8 Å². The Morgan fingerprint density at radius 3 is 2.67 bits per heavy atom. The molecule has 0 radical (unpaired) electrons. The molecule has 2 aromatic heterocycles. The SMILES string of the molecule is CCOc1cc(/C=c2\sc3nc4ccccc4n3c2=O)c(Br)cc1OCC(=O)Nc1ccc(F)cc1. The molecule has 0 unspecified atom stereocenters. The van der Waals surface area contributed by atoms with Crippen molar-refractivity contribution < 1.29 is 18.7 Å². The van der Waals surface area contributed by atoms with Crippen molar-refractivity contribution in [2.24, 2.45) is 0 Å². The van der Waals surface area contributed by atoms with Gasteiger partial charge in [-0.1, -0.05) is 39.4 Å². The van der Waals surface area contributed by atoms with E-state index in [2.05, 4.69) is 26.2 Å². The van der Waals surface area contributed by atoms with Crippen LogP contribution in [0, 0.1) is 5.82 Å². The van der Waals surface area contributed by atoms with Crippen LogP contribution in [-0.4, -0.2) is 28.5 Å². The zero-order valence-corrected chi connectivity index (χ0v) is 21.4. The van der Waals surface area contributed by atoms with Gasteiger partial charge in [0.15, 0.2) is 23.1 Å². The molecule has 36 heavy (non-hydrogen) atoms. The number of nitrogens with one attached hydrogen (secondary N) is 1. The van der Waals surface area contributed by atoms with Crippen LogP contribution in [0.5, 0.6) is 11.5 Å². The molecule has 0 saturated carbocycles. The van der Waals surface area contributed by atoms with Gasteiger partial charge in [0, 0.05) is 10.2 Å². The molecule has 182 valence electrons. The highest BCUT2D eigenvalue weighted by Gasteiger charge is 2.14. The maximum absolute atomic E-state index is 13.1. The van der Waals surface area contributed by atoms with E-state index in [1.807, 2.05) is 31.2 Å². The number of amides is 1. The van der Waals surface area contributed by atoms with Gasteiger partial charge >= 0.3 is 0 Å². The van der Waals surface area contributed by atoms with Crippen LogP contribution in [-0.2, 0) is 4.79 Å². The number of rotatable bonds is 7. The van der Waals surface area contributed by atoms with Gasteiger partial charge in [-0.2, -0.15) is 0 Å². The highest BCUT2D eigenvalue weighted by molar-refractivity contribution is 9.10. The normalized spacial score (nSPS) is 11.8. The molecule has 0 aliphatic heterocycles. The van der Waals surface area contributed by atoms with E-state index in [9.17, 15) is 14.0 Å². The summed E-state index contributed by atoms with van der Waals surface area (Å²) in [5.41, 5.74) is 2.57. The Morgan fingerprint density at radius 1 is 1.14 bits per heavy atom. The molecule has 5 rings (SSSR count). The fraction of sp³-hybridized carbons (Fsp3) is 0.115. The largest absolute Gasteiger partial charge is 0.490 e. The number of halogens is 2. The number of thiazole rings is 1. The molecule has 3 aromatic carbocycles. The van der Waals surface area contributed by atoms with E-state index in [1.165, 1.54) is 35.6 Å². The van der Waals surface area contributed by atoms with Gasteiger partial charge < -0.3 is 14.8 Å².